The second-order valence-corrected chi connectivity index (χ2v) is 5.89. The lowest BCUT2D eigenvalue weighted by atomic mass is 9.97. The molecule has 1 amide bonds. The van der Waals surface area contributed by atoms with Crippen molar-refractivity contribution in [2.24, 2.45) is 5.92 Å². The zero-order chi connectivity index (χ0) is 16.4. The molecule has 0 radical (unpaired) electrons. The van der Waals surface area contributed by atoms with Crippen LogP contribution in [0.4, 0.5) is 0 Å². The Morgan fingerprint density at radius 2 is 2.09 bits per heavy atom. The molecule has 0 saturated carbocycles. The van der Waals surface area contributed by atoms with E-state index < -0.39 is 0 Å². The minimum absolute atomic E-state index is 0.129. The van der Waals surface area contributed by atoms with Crippen molar-refractivity contribution in [3.8, 4) is 0 Å². The van der Waals surface area contributed by atoms with Gasteiger partial charge in [-0.2, -0.15) is 5.10 Å². The van der Waals surface area contributed by atoms with Crippen LogP contribution in [0.3, 0.4) is 0 Å². The molecule has 23 heavy (non-hydrogen) atoms. The van der Waals surface area contributed by atoms with E-state index in [1.807, 2.05) is 18.2 Å². The first-order chi connectivity index (χ1) is 11.1. The molecule has 0 aliphatic carbocycles. The molecule has 2 aromatic heterocycles. The fourth-order valence-corrected chi connectivity index (χ4v) is 3.10. The van der Waals surface area contributed by atoms with Crippen molar-refractivity contribution in [1.82, 2.24) is 14.5 Å². The van der Waals surface area contributed by atoms with Gasteiger partial charge < -0.3 is 9.64 Å². The molecular weight excluding hydrogens is 318 g/mol. The average molecular weight is 336 g/mol. The first-order valence-corrected chi connectivity index (χ1v) is 8.08. The molecule has 1 aliphatic heterocycles. The van der Waals surface area contributed by atoms with Gasteiger partial charge in [0.25, 0.3) is 5.91 Å². The summed E-state index contributed by atoms with van der Waals surface area (Å²) in [5, 5.41) is 4.64. The molecule has 3 heterocycles. The number of amides is 1. The molecule has 3 rings (SSSR count). The van der Waals surface area contributed by atoms with Crippen LogP contribution in [0.5, 0.6) is 0 Å². The molecule has 7 heteroatoms. The molecule has 2 aromatic rings. The number of hydrogen-bond donors (Lipinski definition) is 0. The highest BCUT2D eigenvalue weighted by Crippen LogP contribution is 2.25. The first kappa shape index (κ1) is 15.8. The van der Waals surface area contributed by atoms with Crippen LogP contribution in [0.15, 0.2) is 24.4 Å². The predicted octanol–water partition coefficient (Wildman–Crippen LogP) is 2.40. The third kappa shape index (κ3) is 3.03. The van der Waals surface area contributed by atoms with Crippen molar-refractivity contribution < 1.29 is 14.3 Å². The minimum Gasteiger partial charge on any atom is -0.466 e. The highest BCUT2D eigenvalue weighted by Gasteiger charge is 2.30. The van der Waals surface area contributed by atoms with Gasteiger partial charge in [0.05, 0.1) is 23.1 Å². The summed E-state index contributed by atoms with van der Waals surface area (Å²) in [4.78, 5) is 26.1. The van der Waals surface area contributed by atoms with Crippen LogP contribution < -0.4 is 0 Å². The van der Waals surface area contributed by atoms with Crippen LogP contribution >= 0.6 is 11.6 Å². The van der Waals surface area contributed by atoms with Crippen molar-refractivity contribution in [2.45, 2.75) is 19.8 Å². The van der Waals surface area contributed by atoms with Gasteiger partial charge >= 0.3 is 5.97 Å². The van der Waals surface area contributed by atoms with Crippen molar-refractivity contribution in [3.63, 3.8) is 0 Å². The molecule has 1 fully saturated rings. The van der Waals surface area contributed by atoms with E-state index in [0.717, 1.165) is 0 Å². The van der Waals surface area contributed by atoms with Crippen LogP contribution in [-0.2, 0) is 9.53 Å². The smallest absolute Gasteiger partial charge is 0.309 e. The minimum atomic E-state index is -0.194. The van der Waals surface area contributed by atoms with Gasteiger partial charge in [0.15, 0.2) is 5.69 Å². The van der Waals surface area contributed by atoms with Gasteiger partial charge in [-0.05, 0) is 31.9 Å². The Morgan fingerprint density at radius 3 is 2.74 bits per heavy atom. The third-order valence-electron chi connectivity index (χ3n) is 4.08. The quantitative estimate of drug-likeness (QED) is 0.808. The average Bonchev–Trinajstić information content (AvgIpc) is 2.92. The number of piperidine rings is 1. The van der Waals surface area contributed by atoms with Gasteiger partial charge in [0.1, 0.15) is 0 Å². The second kappa shape index (κ2) is 6.58. The van der Waals surface area contributed by atoms with E-state index in [9.17, 15) is 9.59 Å². The fraction of sp³-hybridized carbons (Fsp3) is 0.438. The number of esters is 1. The largest absolute Gasteiger partial charge is 0.466 e. The maximum atomic E-state index is 12.6. The molecule has 0 bridgehead atoms. The van der Waals surface area contributed by atoms with Gasteiger partial charge in [0, 0.05) is 19.3 Å². The highest BCUT2D eigenvalue weighted by molar-refractivity contribution is 6.36. The second-order valence-electron chi connectivity index (χ2n) is 5.51. The summed E-state index contributed by atoms with van der Waals surface area (Å²) in [7, 11) is 0. The van der Waals surface area contributed by atoms with Gasteiger partial charge in [-0.1, -0.05) is 17.7 Å². The molecular formula is C16H18ClN3O3. The van der Waals surface area contributed by atoms with Crippen LogP contribution in [0.25, 0.3) is 5.52 Å². The number of fused-ring (bicyclic) bond motifs is 1. The Morgan fingerprint density at radius 1 is 1.35 bits per heavy atom. The van der Waals surface area contributed by atoms with E-state index in [4.69, 9.17) is 16.3 Å². The van der Waals surface area contributed by atoms with Crippen LogP contribution in [0.2, 0.25) is 5.02 Å². The predicted molar refractivity (Wildman–Crippen MR) is 85.5 cm³/mol. The molecule has 0 N–H and O–H groups in total. The SMILES string of the molecule is CCOC(=O)C1CCN(C(=O)c2nn3ccccc3c2Cl)CC1. The number of rotatable bonds is 3. The van der Waals surface area contributed by atoms with Gasteiger partial charge in [-0.25, -0.2) is 4.52 Å². The maximum absolute atomic E-state index is 12.6. The lowest BCUT2D eigenvalue weighted by Crippen LogP contribution is -2.40. The lowest BCUT2D eigenvalue weighted by Gasteiger charge is -2.30. The molecule has 1 aliphatic rings. The topological polar surface area (TPSA) is 63.9 Å². The summed E-state index contributed by atoms with van der Waals surface area (Å²) in [6, 6.07) is 5.50. The van der Waals surface area contributed by atoms with Gasteiger partial charge in [-0.3, -0.25) is 9.59 Å². The van der Waals surface area contributed by atoms with Crippen molar-refractivity contribution >= 4 is 29.0 Å². The maximum Gasteiger partial charge on any atom is 0.309 e. The van der Waals surface area contributed by atoms with Crippen LogP contribution in [0, 0.1) is 5.92 Å². The summed E-state index contributed by atoms with van der Waals surface area (Å²) in [6.45, 7) is 3.19. The van der Waals surface area contributed by atoms with E-state index >= 15 is 0 Å². The summed E-state index contributed by atoms with van der Waals surface area (Å²) < 4.78 is 6.64. The molecule has 0 aromatic carbocycles. The molecule has 1 saturated heterocycles. The summed E-state index contributed by atoms with van der Waals surface area (Å²) in [6.07, 6.45) is 2.97. The zero-order valence-electron chi connectivity index (χ0n) is 12.9. The third-order valence-corrected chi connectivity index (χ3v) is 4.46. The Balaban J connectivity index is 1.72. The lowest BCUT2D eigenvalue weighted by molar-refractivity contribution is -0.149. The molecule has 6 nitrogen and oxygen atoms in total. The van der Waals surface area contributed by atoms with Crippen molar-refractivity contribution in [1.29, 1.82) is 0 Å². The number of ether oxygens (including phenoxy) is 1. The standard InChI is InChI=1S/C16H18ClN3O3/c1-2-23-16(22)11-6-9-19(10-7-11)15(21)14-13(17)12-5-3-4-8-20(12)18-14/h3-5,8,11H,2,6-7,9-10H2,1H3. The summed E-state index contributed by atoms with van der Waals surface area (Å²) in [5.74, 6) is -0.498. The number of halogens is 1. The van der Waals surface area contributed by atoms with E-state index in [2.05, 4.69) is 5.10 Å². The first-order valence-electron chi connectivity index (χ1n) is 7.70. The van der Waals surface area contributed by atoms with E-state index in [0.29, 0.717) is 43.1 Å². The number of carbonyl (C=O) groups excluding carboxylic acids is 2. The Hall–Kier alpha value is -2.08. The number of likely N-dealkylation sites (tertiary alicyclic amines) is 1. The molecule has 0 unspecified atom stereocenters. The summed E-state index contributed by atoms with van der Waals surface area (Å²) in [5.41, 5.74) is 0.964. The monoisotopic (exact) mass is 335 g/mol. The van der Waals surface area contributed by atoms with Crippen molar-refractivity contribution in [3.05, 3.63) is 35.1 Å². The number of nitrogens with zero attached hydrogens (tertiary/aromatic N) is 3. The van der Waals surface area contributed by atoms with Gasteiger partial charge in [0.2, 0.25) is 0 Å². The van der Waals surface area contributed by atoms with E-state index in [1.165, 1.54) is 0 Å². The van der Waals surface area contributed by atoms with E-state index in [1.54, 1.807) is 22.5 Å². The normalized spacial score (nSPS) is 15.8. The number of hydrogen-bond acceptors (Lipinski definition) is 4. The van der Waals surface area contributed by atoms with Crippen LogP contribution in [0.1, 0.15) is 30.3 Å². The zero-order valence-corrected chi connectivity index (χ0v) is 13.6. The Kier molecular flexibility index (Phi) is 4.52. The highest BCUT2D eigenvalue weighted by atomic mass is 35.5. The summed E-state index contributed by atoms with van der Waals surface area (Å²) >= 11 is 6.29. The Bertz CT molecular complexity index is 735. The number of carbonyl (C=O) groups is 2. The molecule has 0 atom stereocenters. The molecule has 122 valence electrons. The Labute approximate surface area is 139 Å². The van der Waals surface area contributed by atoms with Crippen LogP contribution in [-0.4, -0.2) is 46.1 Å². The fourth-order valence-electron chi connectivity index (χ4n) is 2.83. The number of pyridine rings is 1. The molecule has 0 spiro atoms. The van der Waals surface area contributed by atoms with Crippen molar-refractivity contribution in [2.75, 3.05) is 19.7 Å². The van der Waals surface area contributed by atoms with Gasteiger partial charge in [-0.15, -0.1) is 0 Å². The van der Waals surface area contributed by atoms with E-state index in [-0.39, 0.29) is 23.5 Å². The number of aromatic nitrogens is 2.